The maximum Gasteiger partial charge on any atom is 0.253 e. The minimum Gasteiger partial charge on any atom is -0.478 e. The Bertz CT molecular complexity index is 743. The molecule has 0 aliphatic carbocycles. The molecular weight excluding hydrogens is 323 g/mol. The van der Waals surface area contributed by atoms with Crippen molar-refractivity contribution in [3.05, 3.63) is 47.5 Å². The average molecular weight is 344 g/mol. The predicted molar refractivity (Wildman–Crippen MR) is 92.5 cm³/mol. The molecule has 1 aliphatic rings. The average Bonchev–Trinajstić information content (AvgIpc) is 2.62. The quantitative estimate of drug-likeness (QED) is 0.852. The Morgan fingerprint density at radius 1 is 1.16 bits per heavy atom. The molecule has 1 aromatic carbocycles. The van der Waals surface area contributed by atoms with Crippen molar-refractivity contribution < 1.29 is 13.9 Å². The van der Waals surface area contributed by atoms with Crippen LogP contribution in [0.4, 0.5) is 10.2 Å². The van der Waals surface area contributed by atoms with Gasteiger partial charge >= 0.3 is 0 Å². The van der Waals surface area contributed by atoms with Gasteiger partial charge in [0, 0.05) is 37.8 Å². The minimum absolute atomic E-state index is 0.0754. The molecule has 0 unspecified atom stereocenters. The van der Waals surface area contributed by atoms with Gasteiger partial charge in [-0.15, -0.1) is 0 Å². The zero-order chi connectivity index (χ0) is 17.8. The lowest BCUT2D eigenvalue weighted by molar-refractivity contribution is 0.0746. The summed E-state index contributed by atoms with van der Waals surface area (Å²) in [7, 11) is 0. The smallest absolute Gasteiger partial charge is 0.253 e. The van der Waals surface area contributed by atoms with E-state index in [1.807, 2.05) is 19.9 Å². The Morgan fingerprint density at radius 3 is 2.48 bits per heavy atom. The molecule has 1 aliphatic heterocycles. The SMILES string of the molecule is CCOc1cc(N2CCN(C(=O)c3ccc(F)cc3)CC2)nc(C)n1. The highest BCUT2D eigenvalue weighted by Gasteiger charge is 2.23. The summed E-state index contributed by atoms with van der Waals surface area (Å²) < 4.78 is 18.5. The van der Waals surface area contributed by atoms with E-state index in [1.54, 1.807) is 4.90 Å². The number of nitrogens with zero attached hydrogens (tertiary/aromatic N) is 4. The zero-order valence-corrected chi connectivity index (χ0v) is 14.4. The molecule has 1 saturated heterocycles. The van der Waals surface area contributed by atoms with Crippen molar-refractivity contribution in [1.29, 1.82) is 0 Å². The van der Waals surface area contributed by atoms with Crippen LogP contribution in [0.1, 0.15) is 23.1 Å². The van der Waals surface area contributed by atoms with Gasteiger partial charge in [0.1, 0.15) is 17.5 Å². The number of amides is 1. The van der Waals surface area contributed by atoms with Crippen LogP contribution in [0.15, 0.2) is 30.3 Å². The standard InChI is InChI=1S/C18H21FN4O2/c1-3-25-17-12-16(20-13(2)21-17)22-8-10-23(11-9-22)18(24)14-4-6-15(19)7-5-14/h4-7,12H,3,8-11H2,1-2H3. The Kier molecular flexibility index (Phi) is 5.11. The fourth-order valence-corrected chi connectivity index (χ4v) is 2.82. The van der Waals surface area contributed by atoms with Gasteiger partial charge in [-0.25, -0.2) is 9.37 Å². The molecule has 2 heterocycles. The van der Waals surface area contributed by atoms with Crippen LogP contribution in [0.5, 0.6) is 5.88 Å². The van der Waals surface area contributed by atoms with Crippen molar-refractivity contribution in [1.82, 2.24) is 14.9 Å². The van der Waals surface area contributed by atoms with E-state index in [9.17, 15) is 9.18 Å². The van der Waals surface area contributed by atoms with E-state index in [0.29, 0.717) is 50.1 Å². The second kappa shape index (κ2) is 7.46. The fourth-order valence-electron chi connectivity index (χ4n) is 2.82. The molecule has 0 atom stereocenters. The number of carbonyl (C=O) groups is 1. The van der Waals surface area contributed by atoms with E-state index in [1.165, 1.54) is 24.3 Å². The van der Waals surface area contributed by atoms with Gasteiger partial charge in [0.25, 0.3) is 5.91 Å². The largest absolute Gasteiger partial charge is 0.478 e. The summed E-state index contributed by atoms with van der Waals surface area (Å²) in [4.78, 5) is 25.1. The van der Waals surface area contributed by atoms with Crippen LogP contribution in [-0.4, -0.2) is 53.6 Å². The predicted octanol–water partition coefficient (Wildman–Crippen LogP) is 2.29. The van der Waals surface area contributed by atoms with Crippen LogP contribution in [-0.2, 0) is 0 Å². The van der Waals surface area contributed by atoms with E-state index in [4.69, 9.17) is 4.74 Å². The van der Waals surface area contributed by atoms with Gasteiger partial charge < -0.3 is 14.5 Å². The van der Waals surface area contributed by atoms with Crippen molar-refractivity contribution in [3.8, 4) is 5.88 Å². The normalized spacial score (nSPS) is 14.5. The van der Waals surface area contributed by atoms with Crippen LogP contribution < -0.4 is 9.64 Å². The molecule has 0 saturated carbocycles. The molecule has 132 valence electrons. The Balaban J connectivity index is 1.65. The number of carbonyl (C=O) groups excluding carboxylic acids is 1. The molecule has 25 heavy (non-hydrogen) atoms. The molecule has 3 rings (SSSR count). The molecule has 6 nitrogen and oxygen atoms in total. The highest BCUT2D eigenvalue weighted by Crippen LogP contribution is 2.20. The Hall–Kier alpha value is -2.70. The molecule has 0 radical (unpaired) electrons. The molecule has 1 amide bonds. The van der Waals surface area contributed by atoms with E-state index < -0.39 is 0 Å². The summed E-state index contributed by atoms with van der Waals surface area (Å²) >= 11 is 0. The summed E-state index contributed by atoms with van der Waals surface area (Å²) in [5.41, 5.74) is 0.506. The third kappa shape index (κ3) is 4.04. The fraction of sp³-hybridized carbons (Fsp3) is 0.389. The van der Waals surface area contributed by atoms with Crippen LogP contribution in [0, 0.1) is 12.7 Å². The Morgan fingerprint density at radius 2 is 1.84 bits per heavy atom. The molecule has 1 aromatic heterocycles. The first kappa shape index (κ1) is 17.1. The third-order valence-corrected chi connectivity index (χ3v) is 4.08. The number of hydrogen-bond acceptors (Lipinski definition) is 5. The van der Waals surface area contributed by atoms with Gasteiger partial charge in [-0.05, 0) is 38.1 Å². The second-order valence-electron chi connectivity index (χ2n) is 5.83. The molecule has 0 bridgehead atoms. The third-order valence-electron chi connectivity index (χ3n) is 4.08. The summed E-state index contributed by atoms with van der Waals surface area (Å²) in [5.74, 6) is 1.62. The molecule has 0 N–H and O–H groups in total. The Labute approximate surface area is 146 Å². The van der Waals surface area contributed by atoms with Gasteiger partial charge in [-0.3, -0.25) is 4.79 Å². The van der Waals surface area contributed by atoms with Crippen LogP contribution in [0.25, 0.3) is 0 Å². The van der Waals surface area contributed by atoms with E-state index in [-0.39, 0.29) is 11.7 Å². The first-order valence-electron chi connectivity index (χ1n) is 8.35. The van der Waals surface area contributed by atoms with Gasteiger partial charge in [-0.2, -0.15) is 4.98 Å². The second-order valence-corrected chi connectivity index (χ2v) is 5.83. The minimum atomic E-state index is -0.342. The first-order valence-corrected chi connectivity index (χ1v) is 8.35. The number of hydrogen-bond donors (Lipinski definition) is 0. The number of rotatable bonds is 4. The molecule has 7 heteroatoms. The van der Waals surface area contributed by atoms with Crippen LogP contribution in [0.3, 0.4) is 0 Å². The monoisotopic (exact) mass is 344 g/mol. The molecule has 1 fully saturated rings. The number of anilines is 1. The lowest BCUT2D eigenvalue weighted by Gasteiger charge is -2.35. The highest BCUT2D eigenvalue weighted by molar-refractivity contribution is 5.94. The van der Waals surface area contributed by atoms with Gasteiger partial charge in [-0.1, -0.05) is 0 Å². The summed E-state index contributed by atoms with van der Waals surface area (Å²) in [6, 6.07) is 7.48. The number of piperazine rings is 1. The number of halogens is 1. The topological polar surface area (TPSA) is 58.6 Å². The summed E-state index contributed by atoms with van der Waals surface area (Å²) in [6.45, 7) is 6.82. The number of aryl methyl sites for hydroxylation is 1. The van der Waals surface area contributed by atoms with E-state index in [0.717, 1.165) is 5.82 Å². The van der Waals surface area contributed by atoms with Crippen molar-refractivity contribution in [2.24, 2.45) is 0 Å². The van der Waals surface area contributed by atoms with Crippen molar-refractivity contribution in [2.45, 2.75) is 13.8 Å². The number of aromatic nitrogens is 2. The maximum absolute atomic E-state index is 13.0. The molecule has 0 spiro atoms. The molecule has 2 aromatic rings. The maximum atomic E-state index is 13.0. The van der Waals surface area contributed by atoms with Crippen LogP contribution >= 0.6 is 0 Å². The molecular formula is C18H21FN4O2. The van der Waals surface area contributed by atoms with Crippen molar-refractivity contribution in [3.63, 3.8) is 0 Å². The first-order chi connectivity index (χ1) is 12.1. The van der Waals surface area contributed by atoms with Crippen molar-refractivity contribution >= 4 is 11.7 Å². The van der Waals surface area contributed by atoms with Gasteiger partial charge in [0.05, 0.1) is 6.61 Å². The van der Waals surface area contributed by atoms with Crippen LogP contribution in [0.2, 0.25) is 0 Å². The van der Waals surface area contributed by atoms with E-state index in [2.05, 4.69) is 14.9 Å². The van der Waals surface area contributed by atoms with Crippen molar-refractivity contribution in [2.75, 3.05) is 37.7 Å². The summed E-state index contributed by atoms with van der Waals surface area (Å²) in [6.07, 6.45) is 0. The van der Waals surface area contributed by atoms with Gasteiger partial charge in [0.2, 0.25) is 5.88 Å². The summed E-state index contributed by atoms with van der Waals surface area (Å²) in [5, 5.41) is 0. The van der Waals surface area contributed by atoms with E-state index >= 15 is 0 Å². The lowest BCUT2D eigenvalue weighted by atomic mass is 10.2. The highest BCUT2D eigenvalue weighted by atomic mass is 19.1. The zero-order valence-electron chi connectivity index (χ0n) is 14.4. The number of benzene rings is 1. The number of ether oxygens (including phenoxy) is 1. The lowest BCUT2D eigenvalue weighted by Crippen LogP contribution is -2.49. The van der Waals surface area contributed by atoms with Gasteiger partial charge in [0.15, 0.2) is 0 Å².